The Morgan fingerprint density at radius 3 is 2.60 bits per heavy atom. The molecule has 0 unspecified atom stereocenters. The maximum Gasteiger partial charge on any atom is 0.0488 e. The second kappa shape index (κ2) is 2.89. The van der Waals surface area contributed by atoms with E-state index in [-0.39, 0.29) is 18.6 Å². The first-order valence-electron chi connectivity index (χ1n) is 3.94. The molecule has 2 atom stereocenters. The van der Waals surface area contributed by atoms with Crippen molar-refractivity contribution >= 4 is 0 Å². The monoisotopic (exact) mass is 144 g/mol. The summed E-state index contributed by atoms with van der Waals surface area (Å²) >= 11 is 0. The summed E-state index contributed by atoms with van der Waals surface area (Å²) < 4.78 is 0. The van der Waals surface area contributed by atoms with E-state index >= 15 is 0 Å². The van der Waals surface area contributed by atoms with Crippen LogP contribution in [0.1, 0.15) is 26.2 Å². The number of rotatable bonds is 2. The smallest absolute Gasteiger partial charge is 0.0488 e. The molecule has 0 spiro atoms. The van der Waals surface area contributed by atoms with Gasteiger partial charge >= 0.3 is 0 Å². The van der Waals surface area contributed by atoms with Gasteiger partial charge in [0.1, 0.15) is 0 Å². The topological polar surface area (TPSA) is 40.5 Å². The molecular weight excluding hydrogens is 128 g/mol. The van der Waals surface area contributed by atoms with Gasteiger partial charge in [-0.3, -0.25) is 0 Å². The van der Waals surface area contributed by atoms with E-state index in [1.165, 1.54) is 0 Å². The largest absolute Gasteiger partial charge is 0.396 e. The Morgan fingerprint density at radius 1 is 1.50 bits per heavy atom. The molecule has 2 nitrogen and oxygen atoms in total. The van der Waals surface area contributed by atoms with Crippen LogP contribution in [0.2, 0.25) is 0 Å². The second-order valence-electron chi connectivity index (χ2n) is 3.58. The highest BCUT2D eigenvalue weighted by Gasteiger charge is 2.37. The minimum absolute atomic E-state index is 0.00868. The summed E-state index contributed by atoms with van der Waals surface area (Å²) in [7, 11) is 0. The standard InChI is InChI=1S/C8H16O2/c1-8(6-10)4-2-3-7(8)5-9/h7,9-10H,2-6H2,1H3/t7-,8-/m0/s1. The first-order valence-corrected chi connectivity index (χ1v) is 3.94. The Morgan fingerprint density at radius 2 is 2.20 bits per heavy atom. The van der Waals surface area contributed by atoms with E-state index in [1.54, 1.807) is 0 Å². The Hall–Kier alpha value is -0.0800. The summed E-state index contributed by atoms with van der Waals surface area (Å²) in [4.78, 5) is 0. The zero-order valence-electron chi connectivity index (χ0n) is 6.51. The molecule has 0 aliphatic heterocycles. The minimum atomic E-state index is 0.00868. The lowest BCUT2D eigenvalue weighted by molar-refractivity contribution is 0.0658. The Bertz CT molecular complexity index is 114. The first kappa shape index (κ1) is 8.02. The van der Waals surface area contributed by atoms with Gasteiger partial charge in [0.25, 0.3) is 0 Å². The summed E-state index contributed by atoms with van der Waals surface area (Å²) in [6.45, 7) is 2.51. The molecule has 10 heavy (non-hydrogen) atoms. The fourth-order valence-electron chi connectivity index (χ4n) is 1.82. The highest BCUT2D eigenvalue weighted by atomic mass is 16.3. The van der Waals surface area contributed by atoms with E-state index in [2.05, 4.69) is 6.92 Å². The van der Waals surface area contributed by atoms with Crippen molar-refractivity contribution in [2.24, 2.45) is 11.3 Å². The van der Waals surface area contributed by atoms with E-state index in [0.717, 1.165) is 19.3 Å². The van der Waals surface area contributed by atoms with Crippen molar-refractivity contribution in [2.75, 3.05) is 13.2 Å². The van der Waals surface area contributed by atoms with Crippen molar-refractivity contribution in [1.82, 2.24) is 0 Å². The maximum absolute atomic E-state index is 9.02. The lowest BCUT2D eigenvalue weighted by Crippen LogP contribution is -2.28. The normalized spacial score (nSPS) is 40.5. The average molecular weight is 144 g/mol. The van der Waals surface area contributed by atoms with Crippen LogP contribution in [0.5, 0.6) is 0 Å². The fourth-order valence-corrected chi connectivity index (χ4v) is 1.82. The van der Waals surface area contributed by atoms with E-state index in [0.29, 0.717) is 5.92 Å². The third kappa shape index (κ3) is 1.18. The molecule has 0 bridgehead atoms. The molecule has 0 aromatic rings. The van der Waals surface area contributed by atoms with Crippen LogP contribution in [-0.2, 0) is 0 Å². The van der Waals surface area contributed by atoms with Gasteiger partial charge in [0, 0.05) is 13.2 Å². The minimum Gasteiger partial charge on any atom is -0.396 e. The highest BCUT2D eigenvalue weighted by molar-refractivity contribution is 4.87. The van der Waals surface area contributed by atoms with Gasteiger partial charge in [-0.15, -0.1) is 0 Å². The van der Waals surface area contributed by atoms with Crippen LogP contribution in [0.3, 0.4) is 0 Å². The third-order valence-electron chi connectivity index (χ3n) is 2.87. The van der Waals surface area contributed by atoms with Crippen molar-refractivity contribution in [3.8, 4) is 0 Å². The Balaban J connectivity index is 2.56. The molecule has 1 aliphatic rings. The molecule has 1 saturated carbocycles. The molecule has 0 aromatic carbocycles. The molecular formula is C8H16O2. The SMILES string of the molecule is C[C@@]1(CO)CCC[C@H]1CO. The van der Waals surface area contributed by atoms with Crippen LogP contribution in [0.15, 0.2) is 0 Å². The number of hydrogen-bond acceptors (Lipinski definition) is 2. The lowest BCUT2D eigenvalue weighted by atomic mass is 9.81. The molecule has 1 rings (SSSR count). The van der Waals surface area contributed by atoms with Crippen molar-refractivity contribution in [2.45, 2.75) is 26.2 Å². The predicted octanol–water partition coefficient (Wildman–Crippen LogP) is 0.777. The van der Waals surface area contributed by atoms with Crippen LogP contribution < -0.4 is 0 Å². The molecule has 0 amide bonds. The van der Waals surface area contributed by atoms with Gasteiger partial charge in [0.05, 0.1) is 0 Å². The summed E-state index contributed by atoms with van der Waals surface area (Å²) in [5, 5.41) is 17.9. The van der Waals surface area contributed by atoms with E-state index in [1.807, 2.05) is 0 Å². The molecule has 1 aliphatic carbocycles. The van der Waals surface area contributed by atoms with Crippen molar-refractivity contribution < 1.29 is 10.2 Å². The molecule has 0 aromatic heterocycles. The third-order valence-corrected chi connectivity index (χ3v) is 2.87. The van der Waals surface area contributed by atoms with Crippen LogP contribution in [0.25, 0.3) is 0 Å². The summed E-state index contributed by atoms with van der Waals surface area (Å²) in [6.07, 6.45) is 3.30. The van der Waals surface area contributed by atoms with Crippen LogP contribution in [-0.4, -0.2) is 23.4 Å². The zero-order chi connectivity index (χ0) is 7.61. The average Bonchev–Trinajstić information content (AvgIpc) is 2.32. The summed E-state index contributed by atoms with van der Waals surface area (Å²) in [6, 6.07) is 0. The quantitative estimate of drug-likeness (QED) is 0.601. The zero-order valence-corrected chi connectivity index (χ0v) is 6.51. The van der Waals surface area contributed by atoms with Gasteiger partial charge in [0.2, 0.25) is 0 Å². The highest BCUT2D eigenvalue weighted by Crippen LogP contribution is 2.41. The first-order chi connectivity index (χ1) is 4.73. The number of aliphatic hydroxyl groups is 2. The summed E-state index contributed by atoms with van der Waals surface area (Å²) in [5.74, 6) is 0.331. The van der Waals surface area contributed by atoms with Gasteiger partial charge in [-0.05, 0) is 24.2 Å². The van der Waals surface area contributed by atoms with Gasteiger partial charge < -0.3 is 10.2 Å². The predicted molar refractivity (Wildman–Crippen MR) is 39.6 cm³/mol. The van der Waals surface area contributed by atoms with Crippen molar-refractivity contribution in [1.29, 1.82) is 0 Å². The van der Waals surface area contributed by atoms with E-state index in [9.17, 15) is 0 Å². The molecule has 60 valence electrons. The number of aliphatic hydroxyl groups excluding tert-OH is 2. The molecule has 2 N–H and O–H groups in total. The van der Waals surface area contributed by atoms with Gasteiger partial charge in [0.15, 0.2) is 0 Å². The van der Waals surface area contributed by atoms with Crippen molar-refractivity contribution in [3.05, 3.63) is 0 Å². The van der Waals surface area contributed by atoms with Crippen LogP contribution in [0.4, 0.5) is 0 Å². The van der Waals surface area contributed by atoms with Gasteiger partial charge in [-0.25, -0.2) is 0 Å². The molecule has 2 heteroatoms. The van der Waals surface area contributed by atoms with Gasteiger partial charge in [-0.2, -0.15) is 0 Å². The van der Waals surface area contributed by atoms with E-state index in [4.69, 9.17) is 10.2 Å². The molecule has 1 fully saturated rings. The lowest BCUT2D eigenvalue weighted by Gasteiger charge is -2.27. The van der Waals surface area contributed by atoms with Crippen LogP contribution >= 0.6 is 0 Å². The van der Waals surface area contributed by atoms with Crippen molar-refractivity contribution in [3.63, 3.8) is 0 Å². The number of hydrogen-bond donors (Lipinski definition) is 2. The van der Waals surface area contributed by atoms with Gasteiger partial charge in [-0.1, -0.05) is 13.3 Å². The maximum atomic E-state index is 9.02. The molecule has 0 heterocycles. The Labute approximate surface area is 61.9 Å². The summed E-state index contributed by atoms with van der Waals surface area (Å²) in [5.41, 5.74) is 0.00868. The fraction of sp³-hybridized carbons (Fsp3) is 1.00. The van der Waals surface area contributed by atoms with E-state index < -0.39 is 0 Å². The Kier molecular flexibility index (Phi) is 2.32. The molecule has 0 radical (unpaired) electrons. The van der Waals surface area contributed by atoms with Crippen LogP contribution in [0, 0.1) is 11.3 Å². The molecule has 0 saturated heterocycles. The second-order valence-corrected chi connectivity index (χ2v) is 3.58.